The summed E-state index contributed by atoms with van der Waals surface area (Å²) in [6.45, 7) is 4.18. The average molecular weight is 401 g/mol. The fraction of sp³-hybridized carbons (Fsp3) is 0.708. The van der Waals surface area contributed by atoms with Gasteiger partial charge in [-0.25, -0.2) is 9.78 Å². The molecule has 7 atom stereocenters. The van der Waals surface area contributed by atoms with Crippen LogP contribution >= 0.6 is 0 Å². The summed E-state index contributed by atoms with van der Waals surface area (Å²) < 4.78 is 12.1. The highest BCUT2D eigenvalue weighted by molar-refractivity contribution is 5.74. The molecule has 1 unspecified atom stereocenters. The minimum atomic E-state index is -0.819. The minimum Gasteiger partial charge on any atom is -0.432 e. The van der Waals surface area contributed by atoms with Crippen LogP contribution in [0.25, 0.3) is 0 Å². The van der Waals surface area contributed by atoms with Crippen molar-refractivity contribution in [2.24, 2.45) is 23.7 Å². The second-order valence-electron chi connectivity index (χ2n) is 9.68. The molecule has 0 N–H and O–H groups in total. The minimum absolute atomic E-state index is 0.106. The van der Waals surface area contributed by atoms with Crippen LogP contribution in [-0.4, -0.2) is 23.6 Å². The average Bonchev–Trinajstić information content (AvgIpc) is 2.95. The predicted molar refractivity (Wildman–Crippen MR) is 106 cm³/mol. The van der Waals surface area contributed by atoms with E-state index >= 15 is 0 Å². The summed E-state index contributed by atoms with van der Waals surface area (Å²) in [4.78, 5) is 25.0. The number of esters is 1. The highest BCUT2D eigenvalue weighted by Crippen LogP contribution is 2.60. The van der Waals surface area contributed by atoms with Gasteiger partial charge in [0.15, 0.2) is 5.60 Å². The number of carbonyl (C=O) groups is 1. The van der Waals surface area contributed by atoms with Crippen LogP contribution in [-0.2, 0) is 30.5 Å². The van der Waals surface area contributed by atoms with Gasteiger partial charge in [0.2, 0.25) is 12.1 Å². The molecule has 0 aromatic heterocycles. The standard InChI is InChI=1S/C24H32O5/c1-16-12-13-20-18(11-7-6-10-17-8-4-3-5-9-17)21(25)26-22-24(20)19(16)14-15-23(2,27-22)28-29-24/h3-5,8-9,16,18-20,22H,6-7,10-15H2,1-2H3/t16-,18-,19?,20+,22-,23-,24-/m1/s1. The molecule has 4 saturated heterocycles. The van der Waals surface area contributed by atoms with Gasteiger partial charge in [-0.3, -0.25) is 4.79 Å². The predicted octanol–water partition coefficient (Wildman–Crippen LogP) is 4.79. The maximum Gasteiger partial charge on any atom is 0.311 e. The third kappa shape index (κ3) is 3.22. The first kappa shape index (κ1) is 19.5. The summed E-state index contributed by atoms with van der Waals surface area (Å²) in [6.07, 6.45) is 7.17. The van der Waals surface area contributed by atoms with Crippen molar-refractivity contribution in [2.45, 2.75) is 82.9 Å². The Morgan fingerprint density at radius 2 is 1.86 bits per heavy atom. The summed E-state index contributed by atoms with van der Waals surface area (Å²) in [5.74, 6) is -0.146. The van der Waals surface area contributed by atoms with Crippen molar-refractivity contribution in [3.63, 3.8) is 0 Å². The summed E-state index contributed by atoms with van der Waals surface area (Å²) in [7, 11) is 0. The van der Waals surface area contributed by atoms with Crippen molar-refractivity contribution in [3.8, 4) is 0 Å². The Bertz CT molecular complexity index is 751. The van der Waals surface area contributed by atoms with Crippen LogP contribution in [0.1, 0.15) is 64.4 Å². The Labute approximate surface area is 173 Å². The molecule has 5 nitrogen and oxygen atoms in total. The van der Waals surface area contributed by atoms with Crippen molar-refractivity contribution in [1.29, 1.82) is 0 Å². The molecule has 1 spiro atoms. The molecular weight excluding hydrogens is 368 g/mol. The quantitative estimate of drug-likeness (QED) is 0.404. The first-order valence-corrected chi connectivity index (χ1v) is 11.3. The Hall–Kier alpha value is -1.43. The molecule has 6 rings (SSSR count). The molecule has 0 radical (unpaired) electrons. The summed E-state index contributed by atoms with van der Waals surface area (Å²) in [6, 6.07) is 10.5. The molecule has 1 aliphatic carbocycles. The monoisotopic (exact) mass is 400 g/mol. The molecule has 5 heteroatoms. The first-order chi connectivity index (χ1) is 14.0. The molecule has 4 heterocycles. The molecule has 1 aromatic rings. The lowest BCUT2D eigenvalue weighted by atomic mass is 9.57. The number of carbonyl (C=O) groups excluding carboxylic acids is 1. The maximum atomic E-state index is 13.0. The Morgan fingerprint density at radius 1 is 1.03 bits per heavy atom. The van der Waals surface area contributed by atoms with Crippen LogP contribution in [0.2, 0.25) is 0 Å². The fourth-order valence-electron chi connectivity index (χ4n) is 6.27. The number of hydrogen-bond donors (Lipinski definition) is 0. The van der Waals surface area contributed by atoms with Crippen molar-refractivity contribution in [1.82, 2.24) is 0 Å². The molecule has 4 aliphatic heterocycles. The Kier molecular flexibility index (Phi) is 4.96. The molecule has 29 heavy (non-hydrogen) atoms. The van der Waals surface area contributed by atoms with E-state index in [1.165, 1.54) is 5.56 Å². The van der Waals surface area contributed by atoms with Crippen LogP contribution in [0.3, 0.4) is 0 Å². The van der Waals surface area contributed by atoms with Gasteiger partial charge in [-0.1, -0.05) is 43.7 Å². The topological polar surface area (TPSA) is 54.0 Å². The zero-order valence-electron chi connectivity index (χ0n) is 17.5. The largest absolute Gasteiger partial charge is 0.432 e. The number of benzene rings is 1. The van der Waals surface area contributed by atoms with Gasteiger partial charge in [-0.2, -0.15) is 0 Å². The molecule has 158 valence electrons. The Morgan fingerprint density at radius 3 is 2.69 bits per heavy atom. The molecule has 5 fully saturated rings. The lowest BCUT2D eigenvalue weighted by Gasteiger charge is -2.58. The summed E-state index contributed by atoms with van der Waals surface area (Å²) in [5, 5.41) is 0. The molecule has 0 amide bonds. The highest BCUT2D eigenvalue weighted by Gasteiger charge is 2.70. The first-order valence-electron chi connectivity index (χ1n) is 11.3. The van der Waals surface area contributed by atoms with Crippen molar-refractivity contribution >= 4 is 5.97 Å². The second-order valence-corrected chi connectivity index (χ2v) is 9.68. The van der Waals surface area contributed by atoms with E-state index in [1.54, 1.807) is 0 Å². The van der Waals surface area contributed by atoms with Gasteiger partial charge in [-0.15, -0.1) is 0 Å². The van der Waals surface area contributed by atoms with Crippen LogP contribution in [0, 0.1) is 23.7 Å². The lowest BCUT2D eigenvalue weighted by molar-refractivity contribution is -0.559. The third-order valence-corrected chi connectivity index (χ3v) is 7.86. The number of aryl methyl sites for hydroxylation is 1. The van der Waals surface area contributed by atoms with Gasteiger partial charge in [0.05, 0.1) is 5.92 Å². The summed E-state index contributed by atoms with van der Waals surface area (Å²) >= 11 is 0. The maximum absolute atomic E-state index is 13.0. The Balaban J connectivity index is 1.33. The van der Waals surface area contributed by atoms with E-state index in [-0.39, 0.29) is 17.8 Å². The lowest BCUT2D eigenvalue weighted by Crippen LogP contribution is -2.70. The van der Waals surface area contributed by atoms with Crippen molar-refractivity contribution < 1.29 is 24.0 Å². The summed E-state index contributed by atoms with van der Waals surface area (Å²) in [5.41, 5.74) is 0.704. The normalized spacial score (nSPS) is 43.4. The van der Waals surface area contributed by atoms with Gasteiger partial charge in [-0.05, 0) is 56.9 Å². The second kappa shape index (κ2) is 7.36. The van der Waals surface area contributed by atoms with Crippen LogP contribution in [0.4, 0.5) is 0 Å². The smallest absolute Gasteiger partial charge is 0.311 e. The van der Waals surface area contributed by atoms with Gasteiger partial charge >= 0.3 is 5.97 Å². The number of unbranched alkanes of at least 4 members (excludes halogenated alkanes) is 1. The van der Waals surface area contributed by atoms with Crippen molar-refractivity contribution in [3.05, 3.63) is 35.9 Å². The number of rotatable bonds is 5. The van der Waals surface area contributed by atoms with Crippen LogP contribution < -0.4 is 0 Å². The SMILES string of the molecule is C[C@@H]1CC[C@H]2[C@@H](CCCCc3ccccc3)C(=O)O[C@@H]3O[C@@]4(C)CCC1[C@]32OO4. The van der Waals surface area contributed by atoms with Crippen LogP contribution in [0.15, 0.2) is 30.3 Å². The molecule has 1 saturated carbocycles. The van der Waals surface area contributed by atoms with Gasteiger partial charge in [0.1, 0.15) is 0 Å². The van der Waals surface area contributed by atoms with E-state index < -0.39 is 17.7 Å². The zero-order valence-corrected chi connectivity index (χ0v) is 17.5. The molecular formula is C24H32O5. The van der Waals surface area contributed by atoms with E-state index in [2.05, 4.69) is 31.2 Å². The van der Waals surface area contributed by atoms with E-state index in [0.29, 0.717) is 11.8 Å². The van der Waals surface area contributed by atoms with Gasteiger partial charge < -0.3 is 9.47 Å². The fourth-order valence-corrected chi connectivity index (χ4v) is 6.27. The van der Waals surface area contributed by atoms with E-state index in [1.807, 2.05) is 13.0 Å². The number of ether oxygens (including phenoxy) is 2. The van der Waals surface area contributed by atoms with Gasteiger partial charge in [0, 0.05) is 18.3 Å². The molecule has 1 aromatic carbocycles. The van der Waals surface area contributed by atoms with Gasteiger partial charge in [0.25, 0.3) is 0 Å². The third-order valence-electron chi connectivity index (χ3n) is 7.86. The van der Waals surface area contributed by atoms with E-state index in [0.717, 1.165) is 51.4 Å². The number of hydrogen-bond acceptors (Lipinski definition) is 5. The van der Waals surface area contributed by atoms with Crippen LogP contribution in [0.5, 0.6) is 0 Å². The molecule has 5 aliphatic rings. The van der Waals surface area contributed by atoms with Crippen molar-refractivity contribution in [2.75, 3.05) is 0 Å². The van der Waals surface area contributed by atoms with E-state index in [9.17, 15) is 4.79 Å². The zero-order chi connectivity index (χ0) is 20.1. The molecule has 2 bridgehead atoms. The van der Waals surface area contributed by atoms with E-state index in [4.69, 9.17) is 19.2 Å². The highest BCUT2D eigenvalue weighted by atomic mass is 17.3. The number of fused-ring (bicyclic) bond motifs is 2.